The van der Waals surface area contributed by atoms with Gasteiger partial charge in [0.15, 0.2) is 17.0 Å². The van der Waals surface area contributed by atoms with Crippen LogP contribution >= 0.6 is 0 Å². The molecular weight excluding hydrogens is 412 g/mol. The Kier molecular flexibility index (Phi) is 4.22. The van der Waals surface area contributed by atoms with Crippen molar-refractivity contribution in [2.24, 2.45) is 11.3 Å². The number of likely N-dealkylation sites (N-methyl/N-ethyl adjacent to an activating group) is 1. The molecule has 3 aliphatic rings. The fourth-order valence-electron chi connectivity index (χ4n) is 5.29. The number of anilines is 1. The Morgan fingerprint density at radius 3 is 2.78 bits per heavy atom. The van der Waals surface area contributed by atoms with Gasteiger partial charge in [0, 0.05) is 24.9 Å². The summed E-state index contributed by atoms with van der Waals surface area (Å²) in [5.74, 6) is 6.74. The van der Waals surface area contributed by atoms with Crippen LogP contribution in [0.2, 0.25) is 0 Å². The molecule has 0 amide bonds. The zero-order chi connectivity index (χ0) is 22.0. The van der Waals surface area contributed by atoms with Gasteiger partial charge >= 0.3 is 0 Å². The maximum absolute atomic E-state index is 11.0. The van der Waals surface area contributed by atoms with Gasteiger partial charge in [0.2, 0.25) is 5.82 Å². The highest BCUT2D eigenvalue weighted by Crippen LogP contribution is 2.72. The first-order valence-electron chi connectivity index (χ1n) is 10.5. The van der Waals surface area contributed by atoms with Crippen molar-refractivity contribution in [2.75, 3.05) is 19.4 Å². The molecule has 2 saturated carbocycles. The summed E-state index contributed by atoms with van der Waals surface area (Å²) in [7, 11) is 3.58. The first kappa shape index (κ1) is 19.5. The van der Waals surface area contributed by atoms with E-state index in [1.165, 1.54) is 0 Å². The highest BCUT2D eigenvalue weighted by atomic mass is 16.6. The minimum atomic E-state index is -0.949. The molecule has 0 bridgehead atoms. The summed E-state index contributed by atoms with van der Waals surface area (Å²) < 4.78 is 7.57. The minimum absolute atomic E-state index is 0.0652. The van der Waals surface area contributed by atoms with Crippen molar-refractivity contribution in [3.05, 3.63) is 36.4 Å². The number of nitrogens with zero attached hydrogens (tertiary/aromatic N) is 6. The molecule has 3 unspecified atom stereocenters. The van der Waals surface area contributed by atoms with Crippen LogP contribution in [0.4, 0.5) is 5.82 Å². The Morgan fingerprint density at radius 1 is 1.19 bits per heavy atom. The zero-order valence-electron chi connectivity index (χ0n) is 17.5. The standard InChI is InChI=1S/C21H22N8O3/c1-22-18-13-19(28-12(27-18)4-3-10-8-24-5-6-25-10)29(9-26-13)14-11-7-21(11,16(31)15(14)30)17-20(23-2)32-17/h5-6,8-9,11,14-17,20,23,30-31H,7H2,1-2H3,(H,22,27,28)/t11?,14-,15+,16+,17?,20+,21?/m1/s1. The second-order valence-electron chi connectivity index (χ2n) is 8.43. The van der Waals surface area contributed by atoms with Gasteiger partial charge in [0.05, 0.1) is 24.7 Å². The van der Waals surface area contributed by atoms with Gasteiger partial charge in [-0.25, -0.2) is 19.9 Å². The molecule has 4 heterocycles. The van der Waals surface area contributed by atoms with Crippen LogP contribution in [0.25, 0.3) is 11.2 Å². The van der Waals surface area contributed by atoms with Gasteiger partial charge in [-0.1, -0.05) is 0 Å². The molecule has 3 fully saturated rings. The van der Waals surface area contributed by atoms with Crippen LogP contribution in [-0.2, 0) is 4.74 Å². The predicted octanol–water partition coefficient (Wildman–Crippen LogP) is -0.715. The molecule has 0 aromatic carbocycles. The van der Waals surface area contributed by atoms with Crippen molar-refractivity contribution >= 4 is 17.0 Å². The van der Waals surface area contributed by atoms with Crippen molar-refractivity contribution in [1.29, 1.82) is 0 Å². The molecule has 1 aliphatic heterocycles. The lowest BCUT2D eigenvalue weighted by Crippen LogP contribution is -2.37. The molecule has 1 saturated heterocycles. The Labute approximate surface area is 183 Å². The summed E-state index contributed by atoms with van der Waals surface area (Å²) in [5.41, 5.74) is 1.19. The fraction of sp³-hybridized carbons (Fsp3) is 0.476. The number of aliphatic hydroxyl groups excluding tert-OH is 2. The average molecular weight is 434 g/mol. The van der Waals surface area contributed by atoms with Gasteiger partial charge in [0.1, 0.15) is 24.1 Å². The van der Waals surface area contributed by atoms with Gasteiger partial charge < -0.3 is 24.8 Å². The topological polar surface area (TPSA) is 146 Å². The van der Waals surface area contributed by atoms with Gasteiger partial charge in [-0.3, -0.25) is 10.3 Å². The van der Waals surface area contributed by atoms with E-state index in [2.05, 4.69) is 47.4 Å². The Bertz CT molecular complexity index is 1250. The number of ether oxygens (including phenoxy) is 1. The van der Waals surface area contributed by atoms with Gasteiger partial charge in [-0.15, -0.1) is 0 Å². The van der Waals surface area contributed by atoms with Crippen molar-refractivity contribution in [2.45, 2.75) is 37.0 Å². The van der Waals surface area contributed by atoms with Crippen LogP contribution in [0, 0.1) is 23.2 Å². The molecule has 11 heteroatoms. The van der Waals surface area contributed by atoms with Crippen LogP contribution < -0.4 is 10.6 Å². The van der Waals surface area contributed by atoms with Crippen LogP contribution in [0.5, 0.6) is 0 Å². The third kappa shape index (κ3) is 2.67. The third-order valence-electron chi connectivity index (χ3n) is 6.89. The molecule has 0 spiro atoms. The van der Waals surface area contributed by atoms with Crippen LogP contribution in [0.3, 0.4) is 0 Å². The largest absolute Gasteiger partial charge is 0.390 e. The molecule has 4 N–H and O–H groups in total. The van der Waals surface area contributed by atoms with E-state index in [1.54, 1.807) is 32.0 Å². The second-order valence-corrected chi connectivity index (χ2v) is 8.43. The highest BCUT2D eigenvalue weighted by Gasteiger charge is 2.79. The van der Waals surface area contributed by atoms with Crippen LogP contribution in [-0.4, -0.2) is 78.3 Å². The van der Waals surface area contributed by atoms with Crippen LogP contribution in [0.1, 0.15) is 24.0 Å². The Morgan fingerprint density at radius 2 is 2.06 bits per heavy atom. The monoisotopic (exact) mass is 434 g/mol. The molecular formula is C21H22N8O3. The summed E-state index contributed by atoms with van der Waals surface area (Å²) in [6, 6.07) is -0.364. The Balaban J connectivity index is 1.40. The van der Waals surface area contributed by atoms with E-state index in [4.69, 9.17) is 4.74 Å². The van der Waals surface area contributed by atoms with E-state index in [-0.39, 0.29) is 24.3 Å². The first-order chi connectivity index (χ1) is 15.6. The quantitative estimate of drug-likeness (QED) is 0.307. The molecule has 7 atom stereocenters. The number of rotatable bonds is 4. The summed E-state index contributed by atoms with van der Waals surface area (Å²) in [6.07, 6.45) is 5.14. The summed E-state index contributed by atoms with van der Waals surface area (Å²) in [5, 5.41) is 28.0. The molecule has 0 radical (unpaired) electrons. The number of epoxide rings is 1. The third-order valence-corrected chi connectivity index (χ3v) is 6.89. The van der Waals surface area contributed by atoms with Gasteiger partial charge in [0.25, 0.3) is 0 Å². The number of fused-ring (bicyclic) bond motifs is 2. The molecule has 3 aromatic heterocycles. The maximum atomic E-state index is 11.0. The molecule has 2 aliphatic carbocycles. The SMILES string of the molecule is CNc1nc(C#Cc2cnccn2)nc2c1ncn2[C@@H]1C2CC2(C2O[C@@H]2NC)[C@@H](O)[C@H]1O. The maximum Gasteiger partial charge on any atom is 0.209 e. The molecule has 32 heavy (non-hydrogen) atoms. The van der Waals surface area contributed by atoms with Gasteiger partial charge in [-0.2, -0.15) is 0 Å². The van der Waals surface area contributed by atoms with E-state index in [0.717, 1.165) is 6.42 Å². The van der Waals surface area contributed by atoms with E-state index >= 15 is 0 Å². The lowest BCUT2D eigenvalue weighted by molar-refractivity contribution is -0.0235. The van der Waals surface area contributed by atoms with Crippen molar-refractivity contribution in [3.8, 4) is 11.8 Å². The number of hydrogen-bond acceptors (Lipinski definition) is 10. The average Bonchev–Trinajstić information content (AvgIpc) is 3.71. The van der Waals surface area contributed by atoms with E-state index in [0.29, 0.717) is 28.5 Å². The lowest BCUT2D eigenvalue weighted by Gasteiger charge is -2.23. The number of hydrogen-bond donors (Lipinski definition) is 4. The zero-order valence-corrected chi connectivity index (χ0v) is 17.5. The van der Waals surface area contributed by atoms with Crippen molar-refractivity contribution in [1.82, 2.24) is 34.8 Å². The molecule has 11 nitrogen and oxygen atoms in total. The van der Waals surface area contributed by atoms with E-state index < -0.39 is 17.6 Å². The minimum Gasteiger partial charge on any atom is -0.390 e. The second kappa shape index (κ2) is 6.91. The normalized spacial score (nSPS) is 34.6. The van der Waals surface area contributed by atoms with E-state index in [9.17, 15) is 10.2 Å². The van der Waals surface area contributed by atoms with Gasteiger partial charge in [-0.05, 0) is 31.2 Å². The number of imidazole rings is 1. The summed E-state index contributed by atoms with van der Waals surface area (Å²) in [4.78, 5) is 21.7. The van der Waals surface area contributed by atoms with Crippen molar-refractivity contribution < 1.29 is 14.9 Å². The molecule has 164 valence electrons. The van der Waals surface area contributed by atoms with E-state index in [1.807, 2.05) is 11.6 Å². The number of aromatic nitrogens is 6. The molecule has 6 rings (SSSR count). The Hall–Kier alpha value is -3.17. The summed E-state index contributed by atoms with van der Waals surface area (Å²) >= 11 is 0. The number of aliphatic hydroxyl groups is 2. The number of nitrogens with one attached hydrogen (secondary N) is 2. The summed E-state index contributed by atoms with van der Waals surface area (Å²) in [6.45, 7) is 0. The molecule has 3 aromatic rings. The smallest absolute Gasteiger partial charge is 0.209 e. The lowest BCUT2D eigenvalue weighted by atomic mass is 9.95. The first-order valence-corrected chi connectivity index (χ1v) is 10.5. The van der Waals surface area contributed by atoms with Crippen molar-refractivity contribution in [3.63, 3.8) is 0 Å². The predicted molar refractivity (Wildman–Crippen MR) is 112 cm³/mol. The van der Waals surface area contributed by atoms with Crippen LogP contribution in [0.15, 0.2) is 24.9 Å². The highest BCUT2D eigenvalue weighted by molar-refractivity contribution is 5.83. The fourth-order valence-corrected chi connectivity index (χ4v) is 5.29.